The van der Waals surface area contributed by atoms with Gasteiger partial charge >= 0.3 is 0 Å². The van der Waals surface area contributed by atoms with Crippen molar-refractivity contribution in [3.8, 4) is 0 Å². The molecule has 0 N–H and O–H groups in total. The van der Waals surface area contributed by atoms with Gasteiger partial charge in [-0.1, -0.05) is 37.1 Å². The zero-order chi connectivity index (χ0) is 17.5. The summed E-state index contributed by atoms with van der Waals surface area (Å²) in [5, 5.41) is 0. The summed E-state index contributed by atoms with van der Waals surface area (Å²) in [6.07, 6.45) is 14.6. The third-order valence-corrected chi connectivity index (χ3v) is 6.40. The Balaban J connectivity index is 1.80. The van der Waals surface area contributed by atoms with Gasteiger partial charge in [-0.3, -0.25) is 4.98 Å². The molecular formula is C21H21NO2S. The van der Waals surface area contributed by atoms with Gasteiger partial charge in [0.15, 0.2) is 9.84 Å². The van der Waals surface area contributed by atoms with Crippen molar-refractivity contribution in [2.75, 3.05) is 6.26 Å². The van der Waals surface area contributed by atoms with Crippen LogP contribution >= 0.6 is 0 Å². The third kappa shape index (κ3) is 3.07. The fourth-order valence-electron chi connectivity index (χ4n) is 3.98. The van der Waals surface area contributed by atoms with E-state index in [1.54, 1.807) is 12.1 Å². The average Bonchev–Trinajstić information content (AvgIpc) is 3.23. The minimum atomic E-state index is -3.17. The summed E-state index contributed by atoms with van der Waals surface area (Å²) in [6.45, 7) is 0. The van der Waals surface area contributed by atoms with Crippen molar-refractivity contribution < 1.29 is 8.42 Å². The molecule has 1 spiro atoms. The Morgan fingerprint density at radius 3 is 1.88 bits per heavy atom. The second-order valence-electron chi connectivity index (χ2n) is 7.09. The molecule has 3 nitrogen and oxygen atoms in total. The Morgan fingerprint density at radius 2 is 1.36 bits per heavy atom. The van der Waals surface area contributed by atoms with Crippen LogP contribution < -0.4 is 0 Å². The third-order valence-electron chi connectivity index (χ3n) is 5.27. The minimum absolute atomic E-state index is 0.156. The van der Waals surface area contributed by atoms with Crippen LogP contribution in [0.25, 0.3) is 11.1 Å². The van der Waals surface area contributed by atoms with Crippen molar-refractivity contribution >= 4 is 21.0 Å². The number of aromatic nitrogens is 1. The van der Waals surface area contributed by atoms with Crippen LogP contribution in [0.4, 0.5) is 0 Å². The quantitative estimate of drug-likeness (QED) is 0.816. The van der Waals surface area contributed by atoms with E-state index in [-0.39, 0.29) is 5.41 Å². The molecule has 2 aliphatic rings. The van der Waals surface area contributed by atoms with E-state index in [2.05, 4.69) is 17.1 Å². The van der Waals surface area contributed by atoms with Crippen molar-refractivity contribution in [3.05, 3.63) is 72.1 Å². The second-order valence-corrected chi connectivity index (χ2v) is 9.10. The summed E-state index contributed by atoms with van der Waals surface area (Å²) in [5.41, 5.74) is 4.82. The normalized spacial score (nSPS) is 19.1. The van der Waals surface area contributed by atoms with Crippen LogP contribution in [0.5, 0.6) is 0 Å². The molecule has 0 radical (unpaired) electrons. The van der Waals surface area contributed by atoms with Crippen LogP contribution in [0.2, 0.25) is 0 Å². The standard InChI is InChI=1S/C21H21NO2S/c1-25(23,24)18-6-4-16(5-7-18)19-14-21(10-2-3-11-21)15-20(19)17-8-12-22-13-9-17/h4-9,12-15H,2-3,10-11H2,1H3. The fraction of sp³-hybridized carbons (Fsp3) is 0.286. The van der Waals surface area contributed by atoms with Crippen LogP contribution in [0.15, 0.2) is 65.8 Å². The summed E-state index contributed by atoms with van der Waals surface area (Å²) in [7, 11) is -3.17. The van der Waals surface area contributed by atoms with Gasteiger partial charge in [-0.25, -0.2) is 8.42 Å². The Kier molecular flexibility index (Phi) is 3.88. The highest BCUT2D eigenvalue weighted by Crippen LogP contribution is 2.51. The molecule has 25 heavy (non-hydrogen) atoms. The molecule has 2 aliphatic carbocycles. The van der Waals surface area contributed by atoms with Crippen LogP contribution in [0.3, 0.4) is 0 Å². The number of allylic oxidation sites excluding steroid dienone is 4. The van der Waals surface area contributed by atoms with Gasteiger partial charge in [0.05, 0.1) is 4.90 Å². The molecule has 2 aromatic rings. The van der Waals surface area contributed by atoms with Crippen LogP contribution in [0.1, 0.15) is 36.8 Å². The molecule has 0 aliphatic heterocycles. The summed E-state index contributed by atoms with van der Waals surface area (Å²) in [5.74, 6) is 0. The van der Waals surface area contributed by atoms with Gasteiger partial charge in [0.25, 0.3) is 0 Å². The number of sulfone groups is 1. The van der Waals surface area contributed by atoms with E-state index in [0.29, 0.717) is 4.90 Å². The molecule has 4 rings (SSSR count). The zero-order valence-corrected chi connectivity index (χ0v) is 15.1. The van der Waals surface area contributed by atoms with Crippen molar-refractivity contribution in [2.24, 2.45) is 5.41 Å². The van der Waals surface area contributed by atoms with Crippen molar-refractivity contribution in [3.63, 3.8) is 0 Å². The molecule has 1 aromatic carbocycles. The predicted molar refractivity (Wildman–Crippen MR) is 101 cm³/mol. The number of pyridine rings is 1. The van der Waals surface area contributed by atoms with E-state index >= 15 is 0 Å². The van der Waals surface area contributed by atoms with Crippen molar-refractivity contribution in [1.29, 1.82) is 0 Å². The highest BCUT2D eigenvalue weighted by atomic mass is 32.2. The number of rotatable bonds is 3. The number of hydrogen-bond acceptors (Lipinski definition) is 3. The lowest BCUT2D eigenvalue weighted by atomic mass is 9.88. The predicted octanol–water partition coefficient (Wildman–Crippen LogP) is 4.53. The summed E-state index contributed by atoms with van der Waals surface area (Å²) in [4.78, 5) is 4.49. The number of hydrogen-bond donors (Lipinski definition) is 0. The van der Waals surface area contributed by atoms with E-state index in [1.165, 1.54) is 43.1 Å². The summed E-state index contributed by atoms with van der Waals surface area (Å²) >= 11 is 0. The first-order valence-electron chi connectivity index (χ1n) is 8.64. The first kappa shape index (κ1) is 16.3. The summed E-state index contributed by atoms with van der Waals surface area (Å²) < 4.78 is 23.4. The van der Waals surface area contributed by atoms with Gasteiger partial charge in [0.2, 0.25) is 0 Å². The molecule has 1 saturated carbocycles. The topological polar surface area (TPSA) is 47.0 Å². The highest BCUT2D eigenvalue weighted by Gasteiger charge is 2.35. The van der Waals surface area contributed by atoms with E-state index in [9.17, 15) is 8.42 Å². The SMILES string of the molecule is CS(=O)(=O)c1ccc(C2=CC3(C=C2c2ccncc2)CCCC3)cc1. The lowest BCUT2D eigenvalue weighted by molar-refractivity contribution is 0.523. The fourth-order valence-corrected chi connectivity index (χ4v) is 4.62. The Labute approximate surface area is 149 Å². The average molecular weight is 351 g/mol. The second kappa shape index (κ2) is 5.95. The molecule has 4 heteroatoms. The largest absolute Gasteiger partial charge is 0.265 e. The van der Waals surface area contributed by atoms with E-state index in [1.807, 2.05) is 36.7 Å². The molecule has 1 fully saturated rings. The molecule has 0 atom stereocenters. The molecule has 1 aromatic heterocycles. The first-order valence-corrected chi connectivity index (χ1v) is 10.5. The smallest absolute Gasteiger partial charge is 0.175 e. The van der Waals surface area contributed by atoms with Crippen LogP contribution in [-0.4, -0.2) is 19.7 Å². The van der Waals surface area contributed by atoms with Crippen molar-refractivity contribution in [1.82, 2.24) is 4.98 Å². The van der Waals surface area contributed by atoms with E-state index < -0.39 is 9.84 Å². The Morgan fingerprint density at radius 1 is 0.840 bits per heavy atom. The minimum Gasteiger partial charge on any atom is -0.265 e. The molecular weight excluding hydrogens is 330 g/mol. The lowest BCUT2D eigenvalue weighted by Crippen LogP contribution is -2.05. The van der Waals surface area contributed by atoms with Gasteiger partial charge in [0.1, 0.15) is 0 Å². The number of benzene rings is 1. The lowest BCUT2D eigenvalue weighted by Gasteiger charge is -2.16. The van der Waals surface area contributed by atoms with E-state index in [4.69, 9.17) is 0 Å². The van der Waals surface area contributed by atoms with E-state index in [0.717, 1.165) is 11.1 Å². The van der Waals surface area contributed by atoms with Crippen molar-refractivity contribution in [2.45, 2.75) is 30.6 Å². The monoisotopic (exact) mass is 351 g/mol. The molecule has 0 unspecified atom stereocenters. The van der Waals surface area contributed by atoms with Gasteiger partial charge in [-0.05, 0) is 59.4 Å². The van der Waals surface area contributed by atoms with Gasteiger partial charge < -0.3 is 0 Å². The van der Waals surface area contributed by atoms with Gasteiger partial charge in [-0.15, -0.1) is 0 Å². The highest BCUT2D eigenvalue weighted by molar-refractivity contribution is 7.90. The maximum Gasteiger partial charge on any atom is 0.175 e. The van der Waals surface area contributed by atoms with Crippen LogP contribution in [0, 0.1) is 5.41 Å². The molecule has 1 heterocycles. The zero-order valence-electron chi connectivity index (χ0n) is 14.3. The number of nitrogens with zero attached hydrogens (tertiary/aromatic N) is 1. The molecule has 0 bridgehead atoms. The molecule has 0 saturated heterocycles. The Bertz CT molecular complexity index is 949. The van der Waals surface area contributed by atoms with Gasteiger partial charge in [-0.2, -0.15) is 0 Å². The van der Waals surface area contributed by atoms with Crippen LogP contribution in [-0.2, 0) is 9.84 Å². The molecule has 128 valence electrons. The maximum absolute atomic E-state index is 11.7. The first-order chi connectivity index (χ1) is 12.0. The van der Waals surface area contributed by atoms with Gasteiger partial charge in [0, 0.05) is 24.1 Å². The maximum atomic E-state index is 11.7. The summed E-state index contributed by atoms with van der Waals surface area (Å²) in [6, 6.07) is 11.3. The Hall–Kier alpha value is -2.20. The molecule has 0 amide bonds.